The summed E-state index contributed by atoms with van der Waals surface area (Å²) < 4.78 is 13.1. The lowest BCUT2D eigenvalue weighted by Crippen LogP contribution is -2.52. The minimum Gasteiger partial charge on any atom is -0.388 e. The fourth-order valence-corrected chi connectivity index (χ4v) is 3.29. The number of hydrogen-bond donors (Lipinski definition) is 3. The quantitative estimate of drug-likeness (QED) is 0.782. The van der Waals surface area contributed by atoms with Crippen LogP contribution in [0.25, 0.3) is 0 Å². The molecule has 0 atom stereocenters. The molecule has 0 heterocycles. The second kappa shape index (κ2) is 5.88. The van der Waals surface area contributed by atoms with Gasteiger partial charge in [0, 0.05) is 18.5 Å². The van der Waals surface area contributed by atoms with E-state index >= 15 is 0 Å². The van der Waals surface area contributed by atoms with Crippen molar-refractivity contribution in [1.82, 2.24) is 10.6 Å². The maximum atomic E-state index is 13.1. The molecule has 2 aliphatic rings. The summed E-state index contributed by atoms with van der Waals surface area (Å²) in [5.41, 5.74) is 0.305. The Bertz CT molecular complexity index is 536. The van der Waals surface area contributed by atoms with Crippen molar-refractivity contribution in [3.05, 3.63) is 35.6 Å². The van der Waals surface area contributed by atoms with Crippen LogP contribution in [-0.2, 0) is 5.41 Å². The van der Waals surface area contributed by atoms with E-state index in [2.05, 4.69) is 10.6 Å². The number of carbonyl (C=O) groups is 1. The van der Waals surface area contributed by atoms with E-state index in [0.717, 1.165) is 44.1 Å². The molecular formula is C17H23FN2O2. The third-order valence-electron chi connectivity index (χ3n) is 5.22. The van der Waals surface area contributed by atoms with Crippen LogP contribution in [0.15, 0.2) is 24.3 Å². The van der Waals surface area contributed by atoms with Crippen LogP contribution in [0.5, 0.6) is 0 Å². The predicted octanol–water partition coefficient (Wildman–Crippen LogP) is 2.46. The lowest BCUT2D eigenvalue weighted by molar-refractivity contribution is -0.0290. The van der Waals surface area contributed by atoms with Crippen LogP contribution in [0, 0.1) is 5.82 Å². The maximum absolute atomic E-state index is 13.1. The van der Waals surface area contributed by atoms with Crippen LogP contribution in [-0.4, -0.2) is 29.8 Å². The second-order valence-corrected chi connectivity index (χ2v) is 6.75. The van der Waals surface area contributed by atoms with Crippen molar-refractivity contribution in [2.75, 3.05) is 13.1 Å². The van der Waals surface area contributed by atoms with Crippen molar-refractivity contribution in [2.24, 2.45) is 0 Å². The number of nitrogens with one attached hydrogen (secondary N) is 2. The van der Waals surface area contributed by atoms with Gasteiger partial charge in [0.05, 0.1) is 5.60 Å². The lowest BCUT2D eigenvalue weighted by Gasteiger charge is -2.42. The van der Waals surface area contributed by atoms with E-state index in [1.807, 2.05) is 12.1 Å². The first kappa shape index (κ1) is 15.3. The summed E-state index contributed by atoms with van der Waals surface area (Å²) in [7, 11) is 0. The summed E-state index contributed by atoms with van der Waals surface area (Å²) >= 11 is 0. The van der Waals surface area contributed by atoms with E-state index in [0.29, 0.717) is 13.1 Å². The number of halogens is 1. The summed E-state index contributed by atoms with van der Waals surface area (Å²) in [5.74, 6) is -0.238. The molecule has 2 saturated carbocycles. The zero-order chi connectivity index (χ0) is 15.6. The number of amides is 2. The van der Waals surface area contributed by atoms with E-state index in [-0.39, 0.29) is 17.3 Å². The summed E-state index contributed by atoms with van der Waals surface area (Å²) in [6.07, 6.45) is 5.67. The highest BCUT2D eigenvalue weighted by atomic mass is 19.1. The molecule has 5 heteroatoms. The summed E-state index contributed by atoms with van der Waals surface area (Å²) in [6.45, 7) is 0.852. The number of aliphatic hydroxyl groups is 1. The van der Waals surface area contributed by atoms with Gasteiger partial charge in [-0.2, -0.15) is 0 Å². The molecule has 0 radical (unpaired) electrons. The number of carbonyl (C=O) groups excluding carboxylic acids is 1. The first-order valence-corrected chi connectivity index (χ1v) is 8.02. The standard InChI is InChI=1S/C17H23FN2O2/c18-14-5-3-13(4-6-14)16(7-1-8-16)11-19-15(21)20-12-17(22)9-2-10-17/h3-6,22H,1-2,7-12H2,(H2,19,20,21). The molecule has 22 heavy (non-hydrogen) atoms. The van der Waals surface area contributed by atoms with E-state index in [4.69, 9.17) is 0 Å². The summed E-state index contributed by atoms with van der Waals surface area (Å²) in [4.78, 5) is 11.9. The third-order valence-corrected chi connectivity index (χ3v) is 5.22. The predicted molar refractivity (Wildman–Crippen MR) is 82.1 cm³/mol. The van der Waals surface area contributed by atoms with Crippen molar-refractivity contribution in [3.8, 4) is 0 Å². The molecule has 1 aromatic rings. The van der Waals surface area contributed by atoms with Gasteiger partial charge < -0.3 is 15.7 Å². The van der Waals surface area contributed by atoms with E-state index < -0.39 is 5.60 Å². The Balaban J connectivity index is 1.52. The van der Waals surface area contributed by atoms with Gasteiger partial charge in [0.1, 0.15) is 5.82 Å². The minimum absolute atomic E-state index is 0.0710. The Morgan fingerprint density at radius 2 is 1.64 bits per heavy atom. The molecule has 120 valence electrons. The zero-order valence-corrected chi connectivity index (χ0v) is 12.7. The number of hydrogen-bond acceptors (Lipinski definition) is 2. The van der Waals surface area contributed by atoms with Gasteiger partial charge in [-0.1, -0.05) is 18.6 Å². The molecule has 0 aromatic heterocycles. The average Bonchev–Trinajstić information content (AvgIpc) is 2.43. The van der Waals surface area contributed by atoms with Crippen LogP contribution in [0.1, 0.15) is 44.1 Å². The van der Waals surface area contributed by atoms with Gasteiger partial charge in [-0.05, 0) is 49.8 Å². The van der Waals surface area contributed by atoms with Crippen LogP contribution in [0.4, 0.5) is 9.18 Å². The van der Waals surface area contributed by atoms with Crippen molar-refractivity contribution in [1.29, 1.82) is 0 Å². The largest absolute Gasteiger partial charge is 0.388 e. The molecule has 0 aliphatic heterocycles. The number of urea groups is 1. The Morgan fingerprint density at radius 3 is 2.14 bits per heavy atom. The first-order valence-electron chi connectivity index (χ1n) is 8.02. The van der Waals surface area contributed by atoms with Crippen molar-refractivity contribution >= 4 is 6.03 Å². The topological polar surface area (TPSA) is 61.4 Å². The van der Waals surface area contributed by atoms with Crippen LogP contribution < -0.4 is 10.6 Å². The van der Waals surface area contributed by atoms with Gasteiger partial charge in [0.25, 0.3) is 0 Å². The van der Waals surface area contributed by atoms with Gasteiger partial charge in [-0.15, -0.1) is 0 Å². The molecule has 4 nitrogen and oxygen atoms in total. The van der Waals surface area contributed by atoms with Gasteiger partial charge in [-0.3, -0.25) is 0 Å². The smallest absolute Gasteiger partial charge is 0.314 e. The van der Waals surface area contributed by atoms with Gasteiger partial charge in [0.15, 0.2) is 0 Å². The van der Waals surface area contributed by atoms with Crippen LogP contribution in [0.3, 0.4) is 0 Å². The molecule has 2 aliphatic carbocycles. The minimum atomic E-state index is -0.706. The Labute approximate surface area is 130 Å². The van der Waals surface area contributed by atoms with Crippen molar-refractivity contribution in [2.45, 2.75) is 49.5 Å². The molecular weight excluding hydrogens is 283 g/mol. The number of rotatable bonds is 5. The highest BCUT2D eigenvalue weighted by Gasteiger charge is 2.39. The molecule has 0 spiro atoms. The Hall–Kier alpha value is -1.62. The highest BCUT2D eigenvalue weighted by molar-refractivity contribution is 5.74. The van der Waals surface area contributed by atoms with Crippen LogP contribution in [0.2, 0.25) is 0 Å². The summed E-state index contributed by atoms with van der Waals surface area (Å²) in [5, 5.41) is 15.6. The fraction of sp³-hybridized carbons (Fsp3) is 0.588. The van der Waals surface area contributed by atoms with Crippen molar-refractivity contribution in [3.63, 3.8) is 0 Å². The molecule has 0 unspecified atom stereocenters. The van der Waals surface area contributed by atoms with Gasteiger partial charge in [-0.25, -0.2) is 9.18 Å². The molecule has 2 fully saturated rings. The zero-order valence-electron chi connectivity index (χ0n) is 12.7. The maximum Gasteiger partial charge on any atom is 0.314 e. The van der Waals surface area contributed by atoms with Gasteiger partial charge in [0.2, 0.25) is 0 Å². The first-order chi connectivity index (χ1) is 10.5. The lowest BCUT2D eigenvalue weighted by atomic mass is 9.64. The molecule has 3 N–H and O–H groups in total. The average molecular weight is 306 g/mol. The second-order valence-electron chi connectivity index (χ2n) is 6.75. The monoisotopic (exact) mass is 306 g/mol. The van der Waals surface area contributed by atoms with Crippen LogP contribution >= 0.6 is 0 Å². The Morgan fingerprint density at radius 1 is 1.05 bits per heavy atom. The molecule has 0 saturated heterocycles. The van der Waals surface area contributed by atoms with Crippen molar-refractivity contribution < 1.29 is 14.3 Å². The molecule has 2 amide bonds. The molecule has 3 rings (SSSR count). The fourth-order valence-electron chi connectivity index (χ4n) is 3.29. The SMILES string of the molecule is O=C(NCC1(O)CCC1)NCC1(c2ccc(F)cc2)CCC1. The highest BCUT2D eigenvalue weighted by Crippen LogP contribution is 2.43. The van der Waals surface area contributed by atoms with Gasteiger partial charge >= 0.3 is 6.03 Å². The van der Waals surface area contributed by atoms with E-state index in [1.54, 1.807) is 0 Å². The molecule has 0 bridgehead atoms. The Kier molecular flexibility index (Phi) is 4.08. The molecule has 1 aromatic carbocycles. The normalized spacial score (nSPS) is 21.4. The van der Waals surface area contributed by atoms with E-state index in [1.165, 1.54) is 12.1 Å². The number of benzene rings is 1. The third kappa shape index (κ3) is 3.09. The van der Waals surface area contributed by atoms with E-state index in [9.17, 15) is 14.3 Å². The summed E-state index contributed by atoms with van der Waals surface area (Å²) in [6, 6.07) is 6.33.